The molecule has 0 N–H and O–H groups in total. The van der Waals surface area contributed by atoms with Gasteiger partial charge in [-0.05, 0) is 12.1 Å². The number of furan rings is 1. The van der Waals surface area contributed by atoms with Gasteiger partial charge in [-0.1, -0.05) is 13.8 Å². The summed E-state index contributed by atoms with van der Waals surface area (Å²) in [6, 6.07) is 3.90. The van der Waals surface area contributed by atoms with E-state index in [1.807, 2.05) is 12.1 Å². The van der Waals surface area contributed by atoms with Gasteiger partial charge in [0, 0.05) is 5.92 Å². The van der Waals surface area contributed by atoms with Crippen molar-refractivity contribution in [3.8, 4) is 0 Å². The standard InChI is InChI=1S/C7H10O.C4H10N/c1-6(2)7-4-3-5-8-7;1-5(2)3-4-5/h3-6H,1-2H3;3-4H2,1-2H3/q;+1. The zero-order chi connectivity index (χ0) is 9.90. The van der Waals surface area contributed by atoms with E-state index in [2.05, 4.69) is 27.9 Å². The summed E-state index contributed by atoms with van der Waals surface area (Å²) in [6.45, 7) is 7.00. The van der Waals surface area contributed by atoms with Crippen LogP contribution in [0.3, 0.4) is 0 Å². The second-order valence-electron chi connectivity index (χ2n) is 4.55. The first kappa shape index (κ1) is 10.3. The maximum absolute atomic E-state index is 5.09. The van der Waals surface area contributed by atoms with Crippen LogP contribution in [0.2, 0.25) is 0 Å². The molecule has 74 valence electrons. The number of nitrogens with zero attached hydrogens (tertiary/aromatic N) is 1. The van der Waals surface area contributed by atoms with Crippen molar-refractivity contribution in [2.45, 2.75) is 19.8 Å². The van der Waals surface area contributed by atoms with Crippen LogP contribution in [0, 0.1) is 0 Å². The Balaban J connectivity index is 0.000000145. The van der Waals surface area contributed by atoms with E-state index in [0.717, 1.165) is 5.76 Å². The quantitative estimate of drug-likeness (QED) is 0.480. The number of quaternary nitrogens is 1. The number of likely N-dealkylation sites (N-methyl/N-ethyl adjacent to an activating group) is 1. The van der Waals surface area contributed by atoms with Gasteiger partial charge >= 0.3 is 0 Å². The van der Waals surface area contributed by atoms with E-state index < -0.39 is 0 Å². The fourth-order valence-electron chi connectivity index (χ4n) is 0.820. The average molecular weight is 182 g/mol. The Morgan fingerprint density at radius 2 is 1.85 bits per heavy atom. The number of rotatable bonds is 1. The highest BCUT2D eigenvalue weighted by molar-refractivity contribution is 5.02. The fraction of sp³-hybridized carbons (Fsp3) is 0.636. The van der Waals surface area contributed by atoms with Crippen molar-refractivity contribution in [1.82, 2.24) is 0 Å². The molecule has 0 unspecified atom stereocenters. The normalized spacial score (nSPS) is 17.9. The van der Waals surface area contributed by atoms with Crippen LogP contribution >= 0.6 is 0 Å². The average Bonchev–Trinajstić information content (AvgIpc) is 2.58. The maximum atomic E-state index is 5.09. The van der Waals surface area contributed by atoms with Crippen LogP contribution in [0.4, 0.5) is 0 Å². The zero-order valence-electron chi connectivity index (χ0n) is 9.08. The Kier molecular flexibility index (Phi) is 3.15. The molecule has 2 nitrogen and oxygen atoms in total. The molecular weight excluding hydrogens is 162 g/mol. The minimum absolute atomic E-state index is 0.519. The van der Waals surface area contributed by atoms with Crippen molar-refractivity contribution >= 4 is 0 Å². The number of hydrogen-bond donors (Lipinski definition) is 0. The summed E-state index contributed by atoms with van der Waals surface area (Å²) in [4.78, 5) is 0. The lowest BCUT2D eigenvalue weighted by atomic mass is 10.2. The summed E-state index contributed by atoms with van der Waals surface area (Å²) in [5, 5.41) is 0. The Morgan fingerprint density at radius 1 is 1.31 bits per heavy atom. The lowest BCUT2D eigenvalue weighted by molar-refractivity contribution is -0.753. The summed E-state index contributed by atoms with van der Waals surface area (Å²) in [6.07, 6.45) is 1.70. The smallest absolute Gasteiger partial charge is 0.128 e. The minimum Gasteiger partial charge on any atom is -0.469 e. The van der Waals surface area contributed by atoms with E-state index in [1.54, 1.807) is 6.26 Å². The molecule has 0 radical (unpaired) electrons. The van der Waals surface area contributed by atoms with Gasteiger partial charge in [0.25, 0.3) is 0 Å². The molecule has 0 saturated carbocycles. The Labute approximate surface area is 80.8 Å². The van der Waals surface area contributed by atoms with E-state index in [0.29, 0.717) is 5.92 Å². The van der Waals surface area contributed by atoms with Crippen molar-refractivity contribution in [3.05, 3.63) is 24.2 Å². The van der Waals surface area contributed by atoms with Gasteiger partial charge in [-0.25, -0.2) is 0 Å². The van der Waals surface area contributed by atoms with E-state index in [9.17, 15) is 0 Å². The molecule has 2 heteroatoms. The third-order valence-electron chi connectivity index (χ3n) is 2.23. The van der Waals surface area contributed by atoms with E-state index in [-0.39, 0.29) is 0 Å². The Bertz CT molecular complexity index is 231. The van der Waals surface area contributed by atoms with Crippen LogP contribution < -0.4 is 0 Å². The van der Waals surface area contributed by atoms with Crippen molar-refractivity contribution < 1.29 is 8.90 Å². The summed E-state index contributed by atoms with van der Waals surface area (Å²) in [5.74, 6) is 1.58. The molecule has 0 amide bonds. The molecule has 1 aliphatic heterocycles. The number of hydrogen-bond acceptors (Lipinski definition) is 1. The predicted molar refractivity (Wildman–Crippen MR) is 54.6 cm³/mol. The van der Waals surface area contributed by atoms with Crippen LogP contribution in [0.15, 0.2) is 22.8 Å². The van der Waals surface area contributed by atoms with Crippen LogP contribution in [-0.4, -0.2) is 31.7 Å². The summed E-state index contributed by atoms with van der Waals surface area (Å²) in [5.41, 5.74) is 0. The van der Waals surface area contributed by atoms with Gasteiger partial charge in [0.15, 0.2) is 0 Å². The van der Waals surface area contributed by atoms with Crippen LogP contribution in [0.25, 0.3) is 0 Å². The highest BCUT2D eigenvalue weighted by Gasteiger charge is 2.30. The second kappa shape index (κ2) is 3.97. The van der Waals surface area contributed by atoms with Crippen molar-refractivity contribution in [1.29, 1.82) is 0 Å². The topological polar surface area (TPSA) is 13.1 Å². The summed E-state index contributed by atoms with van der Waals surface area (Å²) >= 11 is 0. The molecule has 1 aromatic heterocycles. The summed E-state index contributed by atoms with van der Waals surface area (Å²) in [7, 11) is 4.47. The molecule has 1 saturated heterocycles. The molecule has 0 aromatic carbocycles. The first-order valence-corrected chi connectivity index (χ1v) is 4.87. The lowest BCUT2D eigenvalue weighted by Crippen LogP contribution is -2.09. The molecule has 2 rings (SSSR count). The van der Waals surface area contributed by atoms with Gasteiger partial charge in [0.2, 0.25) is 0 Å². The van der Waals surface area contributed by atoms with Gasteiger partial charge in [-0.3, -0.25) is 0 Å². The molecule has 1 aliphatic rings. The van der Waals surface area contributed by atoms with E-state index >= 15 is 0 Å². The molecule has 1 aromatic rings. The molecule has 0 atom stereocenters. The first-order chi connectivity index (χ1) is 6.01. The molecule has 0 aliphatic carbocycles. The van der Waals surface area contributed by atoms with Gasteiger partial charge in [-0.2, -0.15) is 0 Å². The predicted octanol–water partition coefficient (Wildman–Crippen LogP) is 2.48. The maximum Gasteiger partial charge on any atom is 0.128 e. The summed E-state index contributed by atoms with van der Waals surface area (Å²) < 4.78 is 6.34. The van der Waals surface area contributed by atoms with Crippen LogP contribution in [0.1, 0.15) is 25.5 Å². The Morgan fingerprint density at radius 3 is 2.00 bits per heavy atom. The lowest BCUT2D eigenvalue weighted by Gasteiger charge is -1.95. The van der Waals surface area contributed by atoms with Gasteiger partial charge < -0.3 is 8.90 Å². The highest BCUT2D eigenvalue weighted by Crippen LogP contribution is 2.12. The van der Waals surface area contributed by atoms with Gasteiger partial charge in [-0.15, -0.1) is 0 Å². The van der Waals surface area contributed by atoms with E-state index in [4.69, 9.17) is 4.42 Å². The third-order valence-corrected chi connectivity index (χ3v) is 2.23. The Hall–Kier alpha value is -0.760. The van der Waals surface area contributed by atoms with Crippen molar-refractivity contribution in [2.24, 2.45) is 0 Å². The minimum atomic E-state index is 0.519. The van der Waals surface area contributed by atoms with E-state index in [1.165, 1.54) is 17.6 Å². The van der Waals surface area contributed by atoms with Gasteiger partial charge in [0.05, 0.1) is 20.4 Å². The van der Waals surface area contributed by atoms with Gasteiger partial charge in [0.1, 0.15) is 18.8 Å². The molecule has 0 spiro atoms. The molecule has 0 bridgehead atoms. The molecule has 13 heavy (non-hydrogen) atoms. The SMILES string of the molecule is CC(C)c1ccco1.C[N+]1(C)CC1. The second-order valence-corrected chi connectivity index (χ2v) is 4.55. The van der Waals surface area contributed by atoms with Crippen LogP contribution in [-0.2, 0) is 0 Å². The largest absolute Gasteiger partial charge is 0.469 e. The third kappa shape index (κ3) is 4.13. The first-order valence-electron chi connectivity index (χ1n) is 4.87. The van der Waals surface area contributed by atoms with Crippen molar-refractivity contribution in [3.63, 3.8) is 0 Å². The zero-order valence-corrected chi connectivity index (χ0v) is 9.08. The molecule has 1 fully saturated rings. The fourth-order valence-corrected chi connectivity index (χ4v) is 0.820. The van der Waals surface area contributed by atoms with Crippen LogP contribution in [0.5, 0.6) is 0 Å². The monoisotopic (exact) mass is 182 g/mol. The molecular formula is C11H20NO+. The highest BCUT2D eigenvalue weighted by atomic mass is 16.3. The molecule has 2 heterocycles. The van der Waals surface area contributed by atoms with Crippen molar-refractivity contribution in [2.75, 3.05) is 27.2 Å².